The SMILES string of the molecule is NC(=NCCc1cnccn1)N1CCN(c2ncccn2)CC1. The molecule has 0 unspecified atom stereocenters. The van der Waals surface area contributed by atoms with Crippen LogP contribution < -0.4 is 10.6 Å². The van der Waals surface area contributed by atoms with Gasteiger partial charge in [0.25, 0.3) is 0 Å². The number of aliphatic imine (C=N–C) groups is 1. The van der Waals surface area contributed by atoms with Crippen LogP contribution in [0.15, 0.2) is 42.0 Å². The average molecular weight is 312 g/mol. The Balaban J connectivity index is 1.48. The highest BCUT2D eigenvalue weighted by atomic mass is 15.3. The van der Waals surface area contributed by atoms with Gasteiger partial charge >= 0.3 is 0 Å². The predicted molar refractivity (Wildman–Crippen MR) is 88.0 cm³/mol. The lowest BCUT2D eigenvalue weighted by Crippen LogP contribution is -2.51. The van der Waals surface area contributed by atoms with Gasteiger partial charge in [-0.25, -0.2) is 9.97 Å². The molecule has 1 fully saturated rings. The number of hydrogen-bond donors (Lipinski definition) is 1. The number of nitrogens with two attached hydrogens (primary N) is 1. The second kappa shape index (κ2) is 7.48. The van der Waals surface area contributed by atoms with Crippen molar-refractivity contribution in [3.05, 3.63) is 42.7 Å². The van der Waals surface area contributed by atoms with Crippen LogP contribution in [0.2, 0.25) is 0 Å². The molecule has 8 heteroatoms. The van der Waals surface area contributed by atoms with E-state index >= 15 is 0 Å². The molecule has 3 heterocycles. The first-order valence-corrected chi connectivity index (χ1v) is 7.64. The van der Waals surface area contributed by atoms with Gasteiger partial charge in [-0.1, -0.05) is 0 Å². The third-order valence-corrected chi connectivity index (χ3v) is 3.70. The first-order valence-electron chi connectivity index (χ1n) is 7.64. The minimum Gasteiger partial charge on any atom is -0.370 e. The smallest absolute Gasteiger partial charge is 0.225 e. The van der Waals surface area contributed by atoms with E-state index in [-0.39, 0.29) is 0 Å². The van der Waals surface area contributed by atoms with Crippen LogP contribution in [0.4, 0.5) is 5.95 Å². The van der Waals surface area contributed by atoms with Crippen LogP contribution in [0.5, 0.6) is 0 Å². The van der Waals surface area contributed by atoms with Crippen molar-refractivity contribution < 1.29 is 0 Å². The van der Waals surface area contributed by atoms with E-state index in [1.807, 2.05) is 6.07 Å². The molecule has 2 aromatic heterocycles. The maximum absolute atomic E-state index is 6.09. The second-order valence-electron chi connectivity index (χ2n) is 5.21. The number of guanidine groups is 1. The van der Waals surface area contributed by atoms with E-state index in [1.165, 1.54) is 0 Å². The molecule has 0 saturated carbocycles. The van der Waals surface area contributed by atoms with Crippen molar-refractivity contribution >= 4 is 11.9 Å². The molecule has 2 N–H and O–H groups in total. The summed E-state index contributed by atoms with van der Waals surface area (Å²) in [7, 11) is 0. The Kier molecular flexibility index (Phi) is 4.92. The molecule has 2 aromatic rings. The summed E-state index contributed by atoms with van der Waals surface area (Å²) in [6.07, 6.45) is 9.37. The van der Waals surface area contributed by atoms with Gasteiger partial charge in [-0.15, -0.1) is 0 Å². The Morgan fingerprint density at radius 1 is 1.04 bits per heavy atom. The standard InChI is InChI=1S/C15H20N8/c16-14(19-5-2-13-12-17-6-7-18-13)22-8-10-23(11-9-22)15-20-3-1-4-21-15/h1,3-4,6-7,12H,2,5,8-11H2,(H2,16,19). The molecule has 23 heavy (non-hydrogen) atoms. The number of aromatic nitrogens is 4. The van der Waals surface area contributed by atoms with E-state index in [4.69, 9.17) is 5.73 Å². The number of nitrogens with zero attached hydrogens (tertiary/aromatic N) is 7. The van der Waals surface area contributed by atoms with Gasteiger partial charge < -0.3 is 15.5 Å². The van der Waals surface area contributed by atoms with E-state index in [1.54, 1.807) is 31.0 Å². The zero-order valence-corrected chi connectivity index (χ0v) is 12.9. The fourth-order valence-electron chi connectivity index (χ4n) is 2.43. The van der Waals surface area contributed by atoms with Crippen molar-refractivity contribution in [2.75, 3.05) is 37.6 Å². The normalized spacial score (nSPS) is 15.7. The average Bonchev–Trinajstić information content (AvgIpc) is 2.63. The quantitative estimate of drug-likeness (QED) is 0.624. The van der Waals surface area contributed by atoms with Crippen molar-refractivity contribution in [1.82, 2.24) is 24.8 Å². The largest absolute Gasteiger partial charge is 0.370 e. The number of hydrogen-bond acceptors (Lipinski definition) is 6. The van der Waals surface area contributed by atoms with Gasteiger partial charge in [0.1, 0.15) is 0 Å². The van der Waals surface area contributed by atoms with Crippen LogP contribution in [0.1, 0.15) is 5.69 Å². The maximum Gasteiger partial charge on any atom is 0.225 e. The molecule has 3 rings (SSSR count). The van der Waals surface area contributed by atoms with E-state index < -0.39 is 0 Å². The third kappa shape index (κ3) is 4.12. The molecular formula is C15H20N8. The number of anilines is 1. The molecular weight excluding hydrogens is 292 g/mol. The molecule has 1 saturated heterocycles. The summed E-state index contributed by atoms with van der Waals surface area (Å²) >= 11 is 0. The molecule has 0 spiro atoms. The summed E-state index contributed by atoms with van der Waals surface area (Å²) < 4.78 is 0. The molecule has 0 amide bonds. The molecule has 0 atom stereocenters. The fraction of sp³-hybridized carbons (Fsp3) is 0.400. The summed E-state index contributed by atoms with van der Waals surface area (Å²) in [6, 6.07) is 1.82. The van der Waals surface area contributed by atoms with E-state index in [9.17, 15) is 0 Å². The molecule has 1 aliphatic heterocycles. The zero-order chi connectivity index (χ0) is 15.9. The van der Waals surface area contributed by atoms with E-state index in [2.05, 4.69) is 34.7 Å². The maximum atomic E-state index is 6.09. The molecule has 1 aliphatic rings. The van der Waals surface area contributed by atoms with E-state index in [0.717, 1.165) is 44.2 Å². The lowest BCUT2D eigenvalue weighted by molar-refractivity contribution is 0.378. The summed E-state index contributed by atoms with van der Waals surface area (Å²) in [5.74, 6) is 1.35. The summed E-state index contributed by atoms with van der Waals surface area (Å²) in [4.78, 5) is 25.5. The molecule has 8 nitrogen and oxygen atoms in total. The summed E-state index contributed by atoms with van der Waals surface area (Å²) in [5.41, 5.74) is 7.01. The Labute approximate surface area is 135 Å². The van der Waals surface area contributed by atoms with Crippen molar-refractivity contribution in [2.45, 2.75) is 6.42 Å². The fourth-order valence-corrected chi connectivity index (χ4v) is 2.43. The molecule has 120 valence electrons. The molecule has 0 aliphatic carbocycles. The van der Waals surface area contributed by atoms with Crippen LogP contribution in [0, 0.1) is 0 Å². The van der Waals surface area contributed by atoms with Crippen LogP contribution in [0.25, 0.3) is 0 Å². The Hall–Kier alpha value is -2.77. The lowest BCUT2D eigenvalue weighted by atomic mass is 10.3. The Bertz CT molecular complexity index is 622. The minimum absolute atomic E-state index is 0.586. The van der Waals surface area contributed by atoms with Gasteiger partial charge in [0.05, 0.1) is 5.69 Å². The number of piperazine rings is 1. The monoisotopic (exact) mass is 312 g/mol. The van der Waals surface area contributed by atoms with Crippen molar-refractivity contribution in [1.29, 1.82) is 0 Å². The first-order chi connectivity index (χ1) is 11.3. The second-order valence-corrected chi connectivity index (χ2v) is 5.21. The predicted octanol–water partition coefficient (Wildman–Crippen LogP) is -0.0540. The van der Waals surface area contributed by atoms with Crippen molar-refractivity contribution in [3.63, 3.8) is 0 Å². The van der Waals surface area contributed by atoms with Crippen LogP contribution in [0.3, 0.4) is 0 Å². The highest BCUT2D eigenvalue weighted by Crippen LogP contribution is 2.09. The summed E-state index contributed by atoms with van der Waals surface area (Å²) in [6.45, 7) is 3.93. The first kappa shape index (κ1) is 15.1. The highest BCUT2D eigenvalue weighted by molar-refractivity contribution is 5.78. The van der Waals surface area contributed by atoms with Gasteiger partial charge in [-0.2, -0.15) is 0 Å². The molecule has 0 bridgehead atoms. The Morgan fingerprint density at radius 3 is 2.52 bits per heavy atom. The van der Waals surface area contributed by atoms with Crippen LogP contribution in [-0.4, -0.2) is 63.5 Å². The van der Waals surface area contributed by atoms with Gasteiger partial charge in [0.15, 0.2) is 5.96 Å². The van der Waals surface area contributed by atoms with Crippen LogP contribution >= 0.6 is 0 Å². The van der Waals surface area contributed by atoms with E-state index in [0.29, 0.717) is 12.5 Å². The van der Waals surface area contributed by atoms with Gasteiger partial charge in [0.2, 0.25) is 5.95 Å². The topological polar surface area (TPSA) is 96.4 Å². The van der Waals surface area contributed by atoms with Gasteiger partial charge in [-0.05, 0) is 6.07 Å². The van der Waals surface area contributed by atoms with Crippen molar-refractivity contribution in [2.24, 2.45) is 10.7 Å². The summed E-state index contributed by atoms with van der Waals surface area (Å²) in [5, 5.41) is 0. The van der Waals surface area contributed by atoms with Gasteiger partial charge in [-0.3, -0.25) is 15.0 Å². The van der Waals surface area contributed by atoms with Crippen LogP contribution in [-0.2, 0) is 6.42 Å². The van der Waals surface area contributed by atoms with Gasteiger partial charge in [0, 0.05) is 70.1 Å². The van der Waals surface area contributed by atoms with Crippen molar-refractivity contribution in [3.8, 4) is 0 Å². The third-order valence-electron chi connectivity index (χ3n) is 3.70. The number of rotatable bonds is 4. The molecule has 0 radical (unpaired) electrons. The lowest BCUT2D eigenvalue weighted by Gasteiger charge is -2.35. The Morgan fingerprint density at radius 2 is 1.83 bits per heavy atom. The highest BCUT2D eigenvalue weighted by Gasteiger charge is 2.19. The minimum atomic E-state index is 0.586. The zero-order valence-electron chi connectivity index (χ0n) is 12.9. The molecule has 0 aromatic carbocycles.